The molecule has 0 aliphatic rings. The summed E-state index contributed by atoms with van der Waals surface area (Å²) in [4.78, 5) is 39.9. The van der Waals surface area contributed by atoms with Gasteiger partial charge in [0, 0.05) is 28.8 Å². The second-order valence-corrected chi connectivity index (χ2v) is 11.3. The van der Waals surface area contributed by atoms with E-state index in [0.717, 1.165) is 15.7 Å². The van der Waals surface area contributed by atoms with Gasteiger partial charge in [0.25, 0.3) is 11.5 Å². The lowest BCUT2D eigenvalue weighted by Crippen LogP contribution is -2.33. The van der Waals surface area contributed by atoms with E-state index in [1.807, 2.05) is 84.9 Å². The molecule has 232 valence electrons. The van der Waals surface area contributed by atoms with Crippen molar-refractivity contribution in [1.82, 2.24) is 4.57 Å². The number of ether oxygens (including phenoxy) is 1. The molecule has 1 amide bonds. The monoisotopic (exact) mass is 640 g/mol. The summed E-state index contributed by atoms with van der Waals surface area (Å²) >= 11 is 6.04. The zero-order valence-electron chi connectivity index (χ0n) is 25.0. The second-order valence-electron chi connectivity index (χ2n) is 10.9. The predicted octanol–water partition coefficient (Wildman–Crippen LogP) is 8.75. The minimum Gasteiger partial charge on any atom is -0.480 e. The van der Waals surface area contributed by atoms with Crippen molar-refractivity contribution in [2.24, 2.45) is 0 Å². The number of benzene rings is 5. The number of nitrogens with one attached hydrogen (secondary N) is 1. The van der Waals surface area contributed by atoms with Gasteiger partial charge in [0.05, 0.1) is 0 Å². The Morgan fingerprint density at radius 2 is 1.26 bits per heavy atom. The van der Waals surface area contributed by atoms with Crippen molar-refractivity contribution in [2.45, 2.75) is 12.5 Å². The Morgan fingerprint density at radius 1 is 0.702 bits per heavy atom. The topological polar surface area (TPSA) is 97.6 Å². The molecule has 8 heteroatoms. The SMILES string of the molecule is O=C(Nc1cc(-c2ccc(Oc3ccccc3)cc2)cn(C(Cc2ccc(Cl)cc2)C(=O)O)c1=O)c1ccc(-c2ccccc2)cc1. The molecule has 0 radical (unpaired) electrons. The van der Waals surface area contributed by atoms with Gasteiger partial charge in [-0.15, -0.1) is 0 Å². The van der Waals surface area contributed by atoms with Crippen molar-refractivity contribution < 1.29 is 19.4 Å². The fourth-order valence-corrected chi connectivity index (χ4v) is 5.33. The molecule has 1 unspecified atom stereocenters. The van der Waals surface area contributed by atoms with Crippen LogP contribution in [0.25, 0.3) is 22.3 Å². The molecular weight excluding hydrogens is 612 g/mol. The number of anilines is 1. The van der Waals surface area contributed by atoms with Gasteiger partial charge in [-0.25, -0.2) is 4.79 Å². The average molecular weight is 641 g/mol. The standard InChI is InChI=1S/C39H29ClN2O5/c40-32-19-11-26(12-20-32)23-36(39(45)46)42-25-31(29-17-21-34(22-18-29)47-33-9-5-2-6-10-33)24-35(38(42)44)41-37(43)30-15-13-28(14-16-30)27-7-3-1-4-8-27/h1-22,24-25,36H,23H2,(H,41,43)(H,45,46). The van der Waals surface area contributed by atoms with E-state index < -0.39 is 23.5 Å². The van der Waals surface area contributed by atoms with Crippen LogP contribution in [0.15, 0.2) is 151 Å². The minimum atomic E-state index is -1.26. The number of hydrogen-bond donors (Lipinski definition) is 2. The maximum absolute atomic E-state index is 13.8. The van der Waals surface area contributed by atoms with Gasteiger partial charge in [-0.05, 0) is 76.9 Å². The number of carboxylic acid groups (broad SMARTS) is 1. The Labute approximate surface area is 276 Å². The number of nitrogens with zero attached hydrogens (tertiary/aromatic N) is 1. The highest BCUT2D eigenvalue weighted by Gasteiger charge is 2.24. The molecule has 1 aromatic heterocycles. The molecule has 0 aliphatic heterocycles. The molecule has 2 N–H and O–H groups in total. The van der Waals surface area contributed by atoms with Crippen LogP contribution in [0.1, 0.15) is 22.0 Å². The highest BCUT2D eigenvalue weighted by molar-refractivity contribution is 6.30. The summed E-state index contributed by atoms with van der Waals surface area (Å²) in [6.45, 7) is 0. The number of carboxylic acids is 1. The van der Waals surface area contributed by atoms with Gasteiger partial charge < -0.3 is 15.2 Å². The van der Waals surface area contributed by atoms with Crippen LogP contribution >= 0.6 is 11.6 Å². The average Bonchev–Trinajstić information content (AvgIpc) is 3.10. The molecular formula is C39H29ClN2O5. The van der Waals surface area contributed by atoms with Crippen molar-refractivity contribution in [3.05, 3.63) is 172 Å². The summed E-state index contributed by atoms with van der Waals surface area (Å²) in [7, 11) is 0. The highest BCUT2D eigenvalue weighted by atomic mass is 35.5. The van der Waals surface area contributed by atoms with E-state index >= 15 is 0 Å². The van der Waals surface area contributed by atoms with E-state index in [9.17, 15) is 19.5 Å². The van der Waals surface area contributed by atoms with E-state index in [-0.39, 0.29) is 12.1 Å². The molecule has 5 aromatic carbocycles. The Kier molecular flexibility index (Phi) is 9.27. The number of amides is 1. The Hall–Kier alpha value is -5.92. The Morgan fingerprint density at radius 3 is 1.89 bits per heavy atom. The number of aromatic nitrogens is 1. The molecule has 0 saturated heterocycles. The molecule has 0 bridgehead atoms. The quantitative estimate of drug-likeness (QED) is 0.156. The van der Waals surface area contributed by atoms with E-state index in [1.54, 1.807) is 54.6 Å². The van der Waals surface area contributed by atoms with Crippen molar-refractivity contribution in [1.29, 1.82) is 0 Å². The van der Waals surface area contributed by atoms with Crippen molar-refractivity contribution in [2.75, 3.05) is 5.32 Å². The Balaban J connectivity index is 1.35. The van der Waals surface area contributed by atoms with Crippen LogP contribution in [0.5, 0.6) is 11.5 Å². The van der Waals surface area contributed by atoms with Crippen LogP contribution in [-0.4, -0.2) is 21.6 Å². The van der Waals surface area contributed by atoms with Gasteiger partial charge in [-0.1, -0.05) is 96.5 Å². The minimum absolute atomic E-state index is 0.0219. The summed E-state index contributed by atoms with van der Waals surface area (Å²) in [6, 6.07) is 40.4. The number of pyridine rings is 1. The zero-order valence-corrected chi connectivity index (χ0v) is 25.8. The first kappa shape index (κ1) is 31.1. The third kappa shape index (κ3) is 7.49. The number of halogens is 1. The summed E-state index contributed by atoms with van der Waals surface area (Å²) in [5, 5.41) is 13.5. The first-order valence-corrected chi connectivity index (χ1v) is 15.3. The fraction of sp³-hybridized carbons (Fsp3) is 0.0513. The molecule has 47 heavy (non-hydrogen) atoms. The summed E-state index contributed by atoms with van der Waals surface area (Å²) in [6.07, 6.45) is 1.53. The van der Waals surface area contributed by atoms with Crippen LogP contribution in [0, 0.1) is 0 Å². The summed E-state index contributed by atoms with van der Waals surface area (Å²) < 4.78 is 7.08. The largest absolute Gasteiger partial charge is 0.480 e. The van der Waals surface area contributed by atoms with Crippen LogP contribution in [0.3, 0.4) is 0 Å². The van der Waals surface area contributed by atoms with Crippen LogP contribution in [0.4, 0.5) is 5.69 Å². The number of carbonyl (C=O) groups excluding carboxylic acids is 1. The smallest absolute Gasteiger partial charge is 0.327 e. The fourth-order valence-electron chi connectivity index (χ4n) is 5.21. The molecule has 7 nitrogen and oxygen atoms in total. The third-order valence-corrected chi connectivity index (χ3v) is 7.93. The molecule has 0 saturated carbocycles. The maximum Gasteiger partial charge on any atom is 0.327 e. The summed E-state index contributed by atoms with van der Waals surface area (Å²) in [5.41, 5.74) is 3.52. The molecule has 1 atom stereocenters. The maximum atomic E-state index is 13.8. The molecule has 6 rings (SSSR count). The van der Waals surface area contributed by atoms with Gasteiger partial charge in [0.15, 0.2) is 0 Å². The first-order chi connectivity index (χ1) is 22.8. The summed E-state index contributed by atoms with van der Waals surface area (Å²) in [5.74, 6) is -0.407. The van der Waals surface area contributed by atoms with Gasteiger partial charge in [0.2, 0.25) is 0 Å². The normalized spacial score (nSPS) is 11.4. The van der Waals surface area contributed by atoms with Gasteiger partial charge in [-0.3, -0.25) is 14.2 Å². The van der Waals surface area contributed by atoms with Crippen molar-refractivity contribution in [3.8, 4) is 33.8 Å². The van der Waals surface area contributed by atoms with E-state index in [4.69, 9.17) is 16.3 Å². The van der Waals surface area contributed by atoms with E-state index in [0.29, 0.717) is 38.8 Å². The number of hydrogen-bond acceptors (Lipinski definition) is 4. The third-order valence-electron chi connectivity index (χ3n) is 7.68. The molecule has 0 spiro atoms. The number of rotatable bonds is 10. The van der Waals surface area contributed by atoms with Gasteiger partial charge >= 0.3 is 5.97 Å². The highest BCUT2D eigenvalue weighted by Crippen LogP contribution is 2.28. The first-order valence-electron chi connectivity index (χ1n) is 14.9. The van der Waals surface area contributed by atoms with Crippen LogP contribution < -0.4 is 15.6 Å². The number of aliphatic carboxylic acids is 1. The van der Waals surface area contributed by atoms with E-state index in [1.165, 1.54) is 6.20 Å². The van der Waals surface area contributed by atoms with Gasteiger partial charge in [0.1, 0.15) is 23.2 Å². The van der Waals surface area contributed by atoms with E-state index in [2.05, 4.69) is 5.32 Å². The lowest BCUT2D eigenvalue weighted by Gasteiger charge is -2.19. The second kappa shape index (κ2) is 14.0. The molecule has 1 heterocycles. The molecule has 6 aromatic rings. The zero-order chi connectivity index (χ0) is 32.8. The number of para-hydroxylation sites is 1. The predicted molar refractivity (Wildman–Crippen MR) is 184 cm³/mol. The Bertz CT molecular complexity index is 2060. The van der Waals surface area contributed by atoms with Crippen LogP contribution in [-0.2, 0) is 11.2 Å². The lowest BCUT2D eigenvalue weighted by atomic mass is 10.0. The van der Waals surface area contributed by atoms with Crippen LogP contribution in [0.2, 0.25) is 5.02 Å². The lowest BCUT2D eigenvalue weighted by molar-refractivity contribution is -0.141. The van der Waals surface area contributed by atoms with Crippen molar-refractivity contribution >= 4 is 29.2 Å². The molecule has 0 aliphatic carbocycles. The van der Waals surface area contributed by atoms with Crippen molar-refractivity contribution in [3.63, 3.8) is 0 Å². The molecule has 0 fully saturated rings. The van der Waals surface area contributed by atoms with Gasteiger partial charge in [-0.2, -0.15) is 0 Å². The number of carbonyl (C=O) groups is 2.